The fourth-order valence-corrected chi connectivity index (χ4v) is 4.41. The van der Waals surface area contributed by atoms with Crippen molar-refractivity contribution in [2.24, 2.45) is 0 Å². The molecule has 7 heteroatoms. The van der Waals surface area contributed by atoms with Crippen LogP contribution in [-0.4, -0.2) is 23.3 Å². The normalized spacial score (nSPS) is 11.0. The van der Waals surface area contributed by atoms with Crippen molar-refractivity contribution in [2.75, 3.05) is 11.9 Å². The summed E-state index contributed by atoms with van der Waals surface area (Å²) in [5.74, 6) is -0.119. The number of carbonyl (C=O) groups is 2. The molecule has 0 bridgehead atoms. The van der Waals surface area contributed by atoms with E-state index in [0.717, 1.165) is 40.6 Å². The van der Waals surface area contributed by atoms with Gasteiger partial charge < -0.3 is 15.1 Å². The summed E-state index contributed by atoms with van der Waals surface area (Å²) in [4.78, 5) is 28.1. The minimum atomic E-state index is -0.119. The van der Waals surface area contributed by atoms with Crippen LogP contribution in [0.1, 0.15) is 35.6 Å². The molecule has 2 aromatic heterocycles. The summed E-state index contributed by atoms with van der Waals surface area (Å²) < 4.78 is 5.64. The van der Waals surface area contributed by atoms with E-state index < -0.39 is 0 Å². The lowest BCUT2D eigenvalue weighted by atomic mass is 10.0. The number of fused-ring (bicyclic) bond motifs is 1. The lowest BCUT2D eigenvalue weighted by molar-refractivity contribution is -0.119. The third-order valence-electron chi connectivity index (χ3n) is 5.64. The Hall–Kier alpha value is -3.45. The summed E-state index contributed by atoms with van der Waals surface area (Å²) in [7, 11) is 0. The van der Waals surface area contributed by atoms with E-state index in [1.807, 2.05) is 30.5 Å². The first-order valence-electron chi connectivity index (χ1n) is 11.0. The van der Waals surface area contributed by atoms with Gasteiger partial charge in [0.25, 0.3) is 0 Å². The molecule has 0 radical (unpaired) electrons. The number of rotatable bonds is 8. The Balaban J connectivity index is 1.35. The predicted octanol–water partition coefficient (Wildman–Crippen LogP) is 5.42. The second-order valence-corrected chi connectivity index (χ2v) is 9.10. The maximum absolute atomic E-state index is 12.6. The minimum Gasteiger partial charge on any atom is -0.464 e. The number of thiazole rings is 1. The molecule has 0 spiro atoms. The SMILES string of the molecule is CC(=O)NCCCc1ccc(-c2csc(NC(=O)Cc3coc4cc(C)c(C)cc34)n2)cc1. The zero-order chi connectivity index (χ0) is 23.4. The van der Waals surface area contributed by atoms with Crippen LogP contribution in [0.25, 0.3) is 22.2 Å². The van der Waals surface area contributed by atoms with E-state index in [-0.39, 0.29) is 18.2 Å². The molecule has 2 heterocycles. The monoisotopic (exact) mass is 461 g/mol. The largest absolute Gasteiger partial charge is 0.464 e. The van der Waals surface area contributed by atoms with Crippen LogP contribution < -0.4 is 10.6 Å². The van der Waals surface area contributed by atoms with Crippen LogP contribution in [-0.2, 0) is 22.4 Å². The van der Waals surface area contributed by atoms with Gasteiger partial charge in [-0.15, -0.1) is 11.3 Å². The van der Waals surface area contributed by atoms with Gasteiger partial charge in [0.2, 0.25) is 11.8 Å². The zero-order valence-electron chi connectivity index (χ0n) is 19.0. The Labute approximate surface area is 197 Å². The van der Waals surface area contributed by atoms with Crippen molar-refractivity contribution in [1.82, 2.24) is 10.3 Å². The highest BCUT2D eigenvalue weighted by molar-refractivity contribution is 7.14. The van der Waals surface area contributed by atoms with E-state index in [1.54, 1.807) is 6.26 Å². The molecule has 0 unspecified atom stereocenters. The van der Waals surface area contributed by atoms with E-state index in [2.05, 4.69) is 40.7 Å². The summed E-state index contributed by atoms with van der Waals surface area (Å²) in [5.41, 5.74) is 7.07. The number of nitrogens with zero attached hydrogens (tertiary/aromatic N) is 1. The van der Waals surface area contributed by atoms with Gasteiger partial charge in [0.15, 0.2) is 5.13 Å². The number of anilines is 1. The van der Waals surface area contributed by atoms with Crippen molar-refractivity contribution in [3.05, 3.63) is 70.3 Å². The summed E-state index contributed by atoms with van der Waals surface area (Å²) in [6.45, 7) is 6.31. The van der Waals surface area contributed by atoms with Crippen molar-refractivity contribution in [3.8, 4) is 11.3 Å². The third-order valence-corrected chi connectivity index (χ3v) is 6.40. The fraction of sp³-hybridized carbons (Fsp3) is 0.269. The van der Waals surface area contributed by atoms with E-state index >= 15 is 0 Å². The van der Waals surface area contributed by atoms with Gasteiger partial charge in [0.05, 0.1) is 18.4 Å². The highest BCUT2D eigenvalue weighted by atomic mass is 32.1. The maximum Gasteiger partial charge on any atom is 0.230 e. The number of amides is 2. The zero-order valence-corrected chi connectivity index (χ0v) is 19.8. The first-order chi connectivity index (χ1) is 15.9. The second-order valence-electron chi connectivity index (χ2n) is 8.24. The van der Waals surface area contributed by atoms with Crippen LogP contribution in [0, 0.1) is 13.8 Å². The van der Waals surface area contributed by atoms with Crippen molar-refractivity contribution in [2.45, 2.75) is 40.0 Å². The Kier molecular flexibility index (Phi) is 6.89. The van der Waals surface area contributed by atoms with Crippen LogP contribution in [0.3, 0.4) is 0 Å². The van der Waals surface area contributed by atoms with E-state index in [0.29, 0.717) is 11.7 Å². The molecule has 2 amide bonds. The average Bonchev–Trinajstić information content (AvgIpc) is 3.39. The highest BCUT2D eigenvalue weighted by Gasteiger charge is 2.14. The molecule has 4 rings (SSSR count). The number of aromatic nitrogens is 1. The molecule has 0 aliphatic rings. The van der Waals surface area contributed by atoms with Crippen LogP contribution in [0.15, 0.2) is 52.5 Å². The highest BCUT2D eigenvalue weighted by Crippen LogP contribution is 2.27. The van der Waals surface area contributed by atoms with Crippen LogP contribution in [0.5, 0.6) is 0 Å². The first kappa shape index (κ1) is 22.7. The van der Waals surface area contributed by atoms with Crippen molar-refractivity contribution in [1.29, 1.82) is 0 Å². The van der Waals surface area contributed by atoms with Gasteiger partial charge in [0, 0.05) is 35.4 Å². The summed E-state index contributed by atoms with van der Waals surface area (Å²) in [6.07, 6.45) is 3.70. The molecule has 6 nitrogen and oxygen atoms in total. The van der Waals surface area contributed by atoms with Crippen molar-refractivity contribution in [3.63, 3.8) is 0 Å². The van der Waals surface area contributed by atoms with Gasteiger partial charge in [-0.1, -0.05) is 24.3 Å². The van der Waals surface area contributed by atoms with Crippen LogP contribution >= 0.6 is 11.3 Å². The Morgan fingerprint density at radius 1 is 1.09 bits per heavy atom. The Bertz CT molecular complexity index is 1290. The number of aryl methyl sites for hydroxylation is 3. The number of furan rings is 1. The lowest BCUT2D eigenvalue weighted by Crippen LogP contribution is -2.21. The summed E-state index contributed by atoms with van der Waals surface area (Å²) in [5, 5.41) is 9.22. The molecule has 0 aliphatic heterocycles. The third kappa shape index (κ3) is 5.68. The molecule has 170 valence electrons. The molecule has 0 saturated heterocycles. The second kappa shape index (κ2) is 10.0. The average molecular weight is 462 g/mol. The van der Waals surface area contributed by atoms with E-state index in [1.165, 1.54) is 35.0 Å². The van der Waals surface area contributed by atoms with Crippen LogP contribution in [0.2, 0.25) is 0 Å². The number of carbonyl (C=O) groups excluding carboxylic acids is 2. The predicted molar refractivity (Wildman–Crippen MR) is 133 cm³/mol. The number of benzene rings is 2. The molecule has 0 saturated carbocycles. The topological polar surface area (TPSA) is 84.2 Å². The molecule has 2 N–H and O–H groups in total. The Morgan fingerprint density at radius 2 is 1.85 bits per heavy atom. The summed E-state index contributed by atoms with van der Waals surface area (Å²) >= 11 is 1.41. The van der Waals surface area contributed by atoms with Gasteiger partial charge in [-0.3, -0.25) is 9.59 Å². The van der Waals surface area contributed by atoms with Gasteiger partial charge in [-0.25, -0.2) is 4.98 Å². The van der Waals surface area contributed by atoms with Crippen molar-refractivity contribution >= 4 is 39.3 Å². The fourth-order valence-electron chi connectivity index (χ4n) is 3.67. The summed E-state index contributed by atoms with van der Waals surface area (Å²) in [6, 6.07) is 12.3. The quantitative estimate of drug-likeness (QED) is 0.343. The molecular weight excluding hydrogens is 434 g/mol. The Morgan fingerprint density at radius 3 is 2.61 bits per heavy atom. The molecule has 0 aliphatic carbocycles. The number of hydrogen-bond donors (Lipinski definition) is 2. The molecule has 33 heavy (non-hydrogen) atoms. The van der Waals surface area contributed by atoms with Crippen molar-refractivity contribution < 1.29 is 14.0 Å². The van der Waals surface area contributed by atoms with Crippen LogP contribution in [0.4, 0.5) is 5.13 Å². The first-order valence-corrected chi connectivity index (χ1v) is 11.8. The molecular formula is C26H27N3O3S. The molecule has 0 fully saturated rings. The van der Waals surface area contributed by atoms with Gasteiger partial charge in [-0.05, 0) is 55.5 Å². The molecule has 4 aromatic rings. The molecule has 0 atom stereocenters. The smallest absolute Gasteiger partial charge is 0.230 e. The van der Waals surface area contributed by atoms with Gasteiger partial charge in [-0.2, -0.15) is 0 Å². The number of nitrogens with one attached hydrogen (secondary N) is 2. The van der Waals surface area contributed by atoms with E-state index in [9.17, 15) is 9.59 Å². The van der Waals surface area contributed by atoms with Gasteiger partial charge >= 0.3 is 0 Å². The lowest BCUT2D eigenvalue weighted by Gasteiger charge is -2.04. The standard InChI is InChI=1S/C26H27N3O3S/c1-16-11-22-21(14-32-24(22)12-17(16)2)13-25(31)29-26-28-23(15-33-26)20-8-6-19(7-9-20)5-4-10-27-18(3)30/h6-9,11-12,14-15H,4-5,10,13H2,1-3H3,(H,27,30)(H,28,29,31). The number of hydrogen-bond acceptors (Lipinski definition) is 5. The maximum atomic E-state index is 12.6. The van der Waals surface area contributed by atoms with E-state index in [4.69, 9.17) is 4.42 Å². The van der Waals surface area contributed by atoms with Gasteiger partial charge in [0.1, 0.15) is 5.58 Å². The minimum absolute atomic E-state index is 0.0000678. The molecule has 2 aromatic carbocycles.